The van der Waals surface area contributed by atoms with Crippen molar-refractivity contribution in [1.29, 1.82) is 0 Å². The Kier molecular flexibility index (Phi) is 2.47. The minimum atomic E-state index is -0.891. The maximum absolute atomic E-state index is 13.5. The number of hydrogen-bond acceptors (Lipinski definition) is 2. The maximum atomic E-state index is 13.5. The summed E-state index contributed by atoms with van der Waals surface area (Å²) in [4.78, 5) is 4.19. The molecule has 0 spiro atoms. The van der Waals surface area contributed by atoms with Crippen LogP contribution in [0.3, 0.4) is 0 Å². The SMILES string of the molecule is Fc1cc2cnn(-c3cncc4ccccc34)c2cc1F. The summed E-state index contributed by atoms with van der Waals surface area (Å²) in [6, 6.07) is 10.0. The number of fused-ring (bicyclic) bond motifs is 2. The van der Waals surface area contributed by atoms with E-state index in [4.69, 9.17) is 0 Å². The van der Waals surface area contributed by atoms with Gasteiger partial charge in [0.05, 0.1) is 23.6 Å². The number of nitrogens with zero attached hydrogens (tertiary/aromatic N) is 3. The lowest BCUT2D eigenvalue weighted by atomic mass is 10.1. The molecule has 2 aromatic heterocycles. The quantitative estimate of drug-likeness (QED) is 0.530. The molecule has 21 heavy (non-hydrogen) atoms. The third kappa shape index (κ3) is 1.78. The molecule has 0 unspecified atom stereocenters. The number of hydrogen-bond donors (Lipinski definition) is 0. The Morgan fingerprint density at radius 1 is 0.857 bits per heavy atom. The monoisotopic (exact) mass is 281 g/mol. The highest BCUT2D eigenvalue weighted by molar-refractivity contribution is 5.91. The number of rotatable bonds is 1. The lowest BCUT2D eigenvalue weighted by Gasteiger charge is -2.07. The third-order valence-electron chi connectivity index (χ3n) is 3.49. The van der Waals surface area contributed by atoms with Gasteiger partial charge >= 0.3 is 0 Å². The minimum absolute atomic E-state index is 0.507. The highest BCUT2D eigenvalue weighted by Gasteiger charge is 2.12. The van der Waals surface area contributed by atoms with Gasteiger partial charge in [0.25, 0.3) is 0 Å². The van der Waals surface area contributed by atoms with Crippen LogP contribution in [0, 0.1) is 11.6 Å². The fraction of sp³-hybridized carbons (Fsp3) is 0. The zero-order valence-electron chi connectivity index (χ0n) is 10.8. The Bertz CT molecular complexity index is 971. The summed E-state index contributed by atoms with van der Waals surface area (Å²) in [6.45, 7) is 0. The summed E-state index contributed by atoms with van der Waals surface area (Å²) in [5, 5.41) is 6.69. The Morgan fingerprint density at radius 3 is 2.57 bits per heavy atom. The summed E-state index contributed by atoms with van der Waals surface area (Å²) in [6.07, 6.45) is 4.93. The number of aromatic nitrogens is 3. The Balaban J connectivity index is 2.07. The highest BCUT2D eigenvalue weighted by Crippen LogP contribution is 2.25. The van der Waals surface area contributed by atoms with Gasteiger partial charge in [-0.2, -0.15) is 5.10 Å². The van der Waals surface area contributed by atoms with Gasteiger partial charge in [-0.25, -0.2) is 13.5 Å². The fourth-order valence-corrected chi connectivity index (χ4v) is 2.48. The zero-order valence-corrected chi connectivity index (χ0v) is 10.8. The van der Waals surface area contributed by atoms with E-state index in [9.17, 15) is 8.78 Å². The first-order valence-electron chi connectivity index (χ1n) is 6.40. The van der Waals surface area contributed by atoms with E-state index in [0.717, 1.165) is 28.6 Å². The molecule has 0 aliphatic carbocycles. The van der Waals surface area contributed by atoms with Crippen LogP contribution in [0.25, 0.3) is 27.4 Å². The van der Waals surface area contributed by atoms with Gasteiger partial charge in [-0.15, -0.1) is 0 Å². The van der Waals surface area contributed by atoms with E-state index in [1.54, 1.807) is 17.1 Å². The van der Waals surface area contributed by atoms with Crippen molar-refractivity contribution in [3.05, 3.63) is 66.6 Å². The molecular weight excluding hydrogens is 272 g/mol. The van der Waals surface area contributed by atoms with Gasteiger partial charge in [0.1, 0.15) is 0 Å². The third-order valence-corrected chi connectivity index (χ3v) is 3.49. The fourth-order valence-electron chi connectivity index (χ4n) is 2.48. The molecule has 0 radical (unpaired) electrons. The molecule has 0 fully saturated rings. The van der Waals surface area contributed by atoms with E-state index in [2.05, 4.69) is 10.1 Å². The molecule has 0 bridgehead atoms. The van der Waals surface area contributed by atoms with Crippen LogP contribution in [0.4, 0.5) is 8.78 Å². The van der Waals surface area contributed by atoms with Crippen LogP contribution in [0.1, 0.15) is 0 Å². The van der Waals surface area contributed by atoms with Crippen molar-refractivity contribution >= 4 is 21.7 Å². The second-order valence-corrected chi connectivity index (χ2v) is 4.76. The first kappa shape index (κ1) is 12.0. The maximum Gasteiger partial charge on any atom is 0.161 e. The Morgan fingerprint density at radius 2 is 1.67 bits per heavy atom. The van der Waals surface area contributed by atoms with Crippen molar-refractivity contribution in [2.24, 2.45) is 0 Å². The topological polar surface area (TPSA) is 30.7 Å². The van der Waals surface area contributed by atoms with E-state index in [1.807, 2.05) is 24.3 Å². The molecule has 0 saturated carbocycles. The van der Waals surface area contributed by atoms with Crippen molar-refractivity contribution in [2.45, 2.75) is 0 Å². The second kappa shape index (κ2) is 4.34. The van der Waals surface area contributed by atoms with E-state index < -0.39 is 11.6 Å². The average Bonchev–Trinajstić information content (AvgIpc) is 2.90. The molecule has 0 amide bonds. The molecule has 2 aromatic carbocycles. The molecule has 102 valence electrons. The van der Waals surface area contributed by atoms with Gasteiger partial charge in [0.2, 0.25) is 0 Å². The number of halogens is 2. The minimum Gasteiger partial charge on any atom is -0.262 e. The summed E-state index contributed by atoms with van der Waals surface area (Å²) in [7, 11) is 0. The molecule has 0 N–H and O–H groups in total. The van der Waals surface area contributed by atoms with Crippen molar-refractivity contribution in [2.75, 3.05) is 0 Å². The molecule has 0 aliphatic heterocycles. The zero-order chi connectivity index (χ0) is 14.4. The molecule has 0 saturated heterocycles. The molecular formula is C16H9F2N3. The summed E-state index contributed by atoms with van der Waals surface area (Å²) in [5.41, 5.74) is 1.24. The van der Waals surface area contributed by atoms with Gasteiger partial charge in [-0.05, 0) is 6.07 Å². The predicted octanol–water partition coefficient (Wildman–Crippen LogP) is 3.85. The van der Waals surface area contributed by atoms with E-state index in [0.29, 0.717) is 10.9 Å². The highest BCUT2D eigenvalue weighted by atomic mass is 19.2. The van der Waals surface area contributed by atoms with Crippen LogP contribution >= 0.6 is 0 Å². The van der Waals surface area contributed by atoms with Gasteiger partial charge in [0, 0.05) is 28.4 Å². The van der Waals surface area contributed by atoms with Gasteiger partial charge in [-0.1, -0.05) is 24.3 Å². The molecule has 2 heterocycles. The summed E-state index contributed by atoms with van der Waals surface area (Å²) in [5.74, 6) is -1.77. The van der Waals surface area contributed by atoms with Gasteiger partial charge < -0.3 is 0 Å². The van der Waals surface area contributed by atoms with E-state index >= 15 is 0 Å². The van der Waals surface area contributed by atoms with Crippen molar-refractivity contribution in [3.63, 3.8) is 0 Å². The van der Waals surface area contributed by atoms with Crippen molar-refractivity contribution < 1.29 is 8.78 Å². The molecule has 3 nitrogen and oxygen atoms in total. The van der Waals surface area contributed by atoms with E-state index in [-0.39, 0.29) is 0 Å². The summed E-state index contributed by atoms with van der Waals surface area (Å²) < 4.78 is 28.4. The average molecular weight is 281 g/mol. The number of pyridine rings is 1. The van der Waals surface area contributed by atoms with Crippen LogP contribution in [-0.4, -0.2) is 14.8 Å². The largest absolute Gasteiger partial charge is 0.262 e. The Hall–Kier alpha value is -2.82. The molecule has 4 aromatic rings. The first-order valence-corrected chi connectivity index (χ1v) is 6.40. The number of benzene rings is 2. The van der Waals surface area contributed by atoms with Gasteiger partial charge in [0.15, 0.2) is 11.6 Å². The first-order chi connectivity index (χ1) is 10.2. The van der Waals surface area contributed by atoms with Crippen molar-refractivity contribution in [3.8, 4) is 5.69 Å². The summed E-state index contributed by atoms with van der Waals surface area (Å²) >= 11 is 0. The van der Waals surface area contributed by atoms with Crippen LogP contribution < -0.4 is 0 Å². The lowest BCUT2D eigenvalue weighted by molar-refractivity contribution is 0.510. The molecule has 5 heteroatoms. The Labute approximate surface area is 118 Å². The van der Waals surface area contributed by atoms with Crippen LogP contribution in [0.2, 0.25) is 0 Å². The second-order valence-electron chi connectivity index (χ2n) is 4.76. The standard InChI is InChI=1S/C16H9F2N3/c17-13-5-11-8-20-21(15(11)6-14(13)18)16-9-19-7-10-3-1-2-4-12(10)16/h1-9H. The smallest absolute Gasteiger partial charge is 0.161 e. The lowest BCUT2D eigenvalue weighted by Crippen LogP contribution is -1.98. The predicted molar refractivity (Wildman–Crippen MR) is 76.3 cm³/mol. The van der Waals surface area contributed by atoms with Gasteiger partial charge in [-0.3, -0.25) is 4.98 Å². The molecule has 0 atom stereocenters. The van der Waals surface area contributed by atoms with Crippen molar-refractivity contribution in [1.82, 2.24) is 14.8 Å². The van der Waals surface area contributed by atoms with Crippen LogP contribution in [0.15, 0.2) is 55.0 Å². The molecule has 0 aliphatic rings. The van der Waals surface area contributed by atoms with E-state index in [1.165, 1.54) is 6.20 Å². The van der Waals surface area contributed by atoms with Crippen LogP contribution in [0.5, 0.6) is 0 Å². The molecule has 4 rings (SSSR count). The normalized spacial score (nSPS) is 11.3. The van der Waals surface area contributed by atoms with Crippen LogP contribution in [-0.2, 0) is 0 Å².